The number of anilines is 2. The van der Waals surface area contributed by atoms with Crippen LogP contribution in [0.5, 0.6) is 11.6 Å². The van der Waals surface area contributed by atoms with E-state index < -0.39 is 17.7 Å². The van der Waals surface area contributed by atoms with Gasteiger partial charge >= 0.3 is 6.03 Å². The average molecular weight is 436 g/mol. The zero-order chi connectivity index (χ0) is 22.7. The summed E-state index contributed by atoms with van der Waals surface area (Å²) in [6.07, 6.45) is 3.47. The Hall–Kier alpha value is -4.34. The van der Waals surface area contributed by atoms with E-state index in [1.54, 1.807) is 49.6 Å². The third-order valence-electron chi connectivity index (χ3n) is 4.38. The van der Waals surface area contributed by atoms with Crippen LogP contribution in [0.3, 0.4) is 0 Å². The van der Waals surface area contributed by atoms with Crippen LogP contribution in [0.25, 0.3) is 5.82 Å². The minimum atomic E-state index is -0.740. The Balaban J connectivity index is 1.43. The van der Waals surface area contributed by atoms with Crippen molar-refractivity contribution in [3.8, 4) is 17.4 Å². The summed E-state index contributed by atoms with van der Waals surface area (Å²) in [7, 11) is 0. The van der Waals surface area contributed by atoms with E-state index in [1.807, 2.05) is 11.5 Å². The van der Waals surface area contributed by atoms with Crippen LogP contribution in [0, 0.1) is 25.5 Å². The summed E-state index contributed by atoms with van der Waals surface area (Å²) in [6, 6.07) is 10.3. The molecule has 0 aliphatic carbocycles. The largest absolute Gasteiger partial charge is 0.439 e. The van der Waals surface area contributed by atoms with Crippen molar-refractivity contribution in [1.82, 2.24) is 19.5 Å². The lowest BCUT2D eigenvalue weighted by molar-refractivity contribution is 0.262. The molecule has 0 bridgehead atoms. The number of hydrogen-bond acceptors (Lipinski definition) is 5. The van der Waals surface area contributed by atoms with E-state index in [-0.39, 0.29) is 5.69 Å². The molecule has 4 aromatic rings. The lowest BCUT2D eigenvalue weighted by Gasteiger charge is -2.11. The molecule has 0 aliphatic rings. The first kappa shape index (κ1) is 20.9. The number of rotatable bonds is 5. The molecule has 2 aromatic carbocycles. The summed E-state index contributed by atoms with van der Waals surface area (Å²) in [5, 5.41) is 4.80. The van der Waals surface area contributed by atoms with Crippen LogP contribution in [0.2, 0.25) is 0 Å². The number of nitrogens with zero attached hydrogens (tertiary/aromatic N) is 4. The third-order valence-corrected chi connectivity index (χ3v) is 4.38. The molecule has 2 N–H and O–H groups in total. The van der Waals surface area contributed by atoms with E-state index in [0.29, 0.717) is 29.0 Å². The van der Waals surface area contributed by atoms with Gasteiger partial charge in [0, 0.05) is 30.2 Å². The molecule has 4 rings (SSSR count). The normalized spacial score (nSPS) is 10.6. The number of aromatic nitrogens is 4. The van der Waals surface area contributed by atoms with Crippen LogP contribution < -0.4 is 15.4 Å². The van der Waals surface area contributed by atoms with Crippen LogP contribution in [-0.2, 0) is 0 Å². The Kier molecular flexibility index (Phi) is 5.75. The maximum absolute atomic E-state index is 13.7. The van der Waals surface area contributed by atoms with E-state index in [4.69, 9.17) is 4.74 Å². The predicted octanol–water partition coefficient (Wildman–Crippen LogP) is 4.99. The van der Waals surface area contributed by atoms with Crippen molar-refractivity contribution < 1.29 is 18.3 Å². The van der Waals surface area contributed by atoms with Gasteiger partial charge in [0.25, 0.3) is 0 Å². The highest BCUT2D eigenvalue weighted by Crippen LogP contribution is 2.24. The first-order valence-corrected chi connectivity index (χ1v) is 9.54. The molecule has 0 fully saturated rings. The molecular weight excluding hydrogens is 418 g/mol. The average Bonchev–Trinajstić information content (AvgIpc) is 3.18. The number of aryl methyl sites for hydroxylation is 2. The van der Waals surface area contributed by atoms with Crippen LogP contribution in [0.15, 0.2) is 60.9 Å². The van der Waals surface area contributed by atoms with E-state index in [1.165, 1.54) is 0 Å². The smallest absolute Gasteiger partial charge is 0.323 e. The first-order valence-electron chi connectivity index (χ1n) is 9.54. The van der Waals surface area contributed by atoms with Crippen molar-refractivity contribution >= 4 is 17.4 Å². The fraction of sp³-hybridized carbons (Fsp3) is 0.0909. The molecule has 0 atom stereocenters. The van der Waals surface area contributed by atoms with E-state index in [2.05, 4.69) is 25.6 Å². The maximum atomic E-state index is 13.7. The minimum Gasteiger partial charge on any atom is -0.439 e. The molecule has 162 valence electrons. The summed E-state index contributed by atoms with van der Waals surface area (Å²) in [5.74, 6) is 1.37. The minimum absolute atomic E-state index is 0.259. The molecule has 0 saturated carbocycles. The molecule has 2 aromatic heterocycles. The monoisotopic (exact) mass is 436 g/mol. The Bertz CT molecular complexity index is 1270. The highest BCUT2D eigenvalue weighted by atomic mass is 19.1. The second-order valence-electron chi connectivity index (χ2n) is 6.79. The second-order valence-corrected chi connectivity index (χ2v) is 6.79. The van der Waals surface area contributed by atoms with Crippen molar-refractivity contribution in [3.05, 3.63) is 84.2 Å². The SMILES string of the molecule is Cc1nc(Oc2ccc(NC(=O)Nc3cc(F)ccc3F)cc2)cc(-n2ccnc2C)n1. The summed E-state index contributed by atoms with van der Waals surface area (Å²) >= 11 is 0. The third kappa shape index (κ3) is 4.86. The molecule has 0 spiro atoms. The molecule has 8 nitrogen and oxygen atoms in total. The number of nitrogens with one attached hydrogen (secondary N) is 2. The van der Waals surface area contributed by atoms with E-state index in [9.17, 15) is 13.6 Å². The number of benzene rings is 2. The Morgan fingerprint density at radius 3 is 2.50 bits per heavy atom. The summed E-state index contributed by atoms with van der Waals surface area (Å²) in [6.45, 7) is 3.62. The molecule has 0 saturated heterocycles. The van der Waals surface area contributed by atoms with Gasteiger partial charge in [-0.05, 0) is 50.2 Å². The zero-order valence-electron chi connectivity index (χ0n) is 17.1. The molecule has 0 aliphatic heterocycles. The van der Waals surface area contributed by atoms with E-state index in [0.717, 1.165) is 24.0 Å². The van der Waals surface area contributed by atoms with Gasteiger partial charge in [-0.1, -0.05) is 0 Å². The van der Waals surface area contributed by atoms with Crippen molar-refractivity contribution in [1.29, 1.82) is 0 Å². The van der Waals surface area contributed by atoms with Gasteiger partial charge in [-0.3, -0.25) is 4.57 Å². The number of urea groups is 1. The highest BCUT2D eigenvalue weighted by molar-refractivity contribution is 5.99. The summed E-state index contributed by atoms with van der Waals surface area (Å²) in [5.41, 5.74) is 0.172. The van der Waals surface area contributed by atoms with Crippen LogP contribution in [-0.4, -0.2) is 25.6 Å². The maximum Gasteiger partial charge on any atom is 0.323 e. The van der Waals surface area contributed by atoms with Crippen molar-refractivity contribution in [2.24, 2.45) is 0 Å². The fourth-order valence-electron chi connectivity index (χ4n) is 2.93. The van der Waals surface area contributed by atoms with Crippen molar-refractivity contribution in [2.75, 3.05) is 10.6 Å². The van der Waals surface area contributed by atoms with Crippen LogP contribution >= 0.6 is 0 Å². The highest BCUT2D eigenvalue weighted by Gasteiger charge is 2.10. The first-order chi connectivity index (χ1) is 15.4. The zero-order valence-corrected chi connectivity index (χ0v) is 17.1. The quantitative estimate of drug-likeness (QED) is 0.460. The Labute approximate surface area is 181 Å². The molecular formula is C22H18F2N6O2. The molecule has 2 heterocycles. The molecule has 2 amide bonds. The van der Waals surface area contributed by atoms with Gasteiger partial charge in [0.15, 0.2) is 0 Å². The van der Waals surface area contributed by atoms with Crippen LogP contribution in [0.1, 0.15) is 11.6 Å². The Morgan fingerprint density at radius 2 is 1.78 bits per heavy atom. The van der Waals surface area contributed by atoms with Gasteiger partial charge in [-0.25, -0.2) is 23.5 Å². The number of halogens is 2. The van der Waals surface area contributed by atoms with Crippen molar-refractivity contribution in [2.45, 2.75) is 13.8 Å². The van der Waals surface area contributed by atoms with Gasteiger partial charge in [0.1, 0.15) is 34.9 Å². The Morgan fingerprint density at radius 1 is 1.00 bits per heavy atom. The predicted molar refractivity (Wildman–Crippen MR) is 114 cm³/mol. The van der Waals surface area contributed by atoms with Crippen molar-refractivity contribution in [3.63, 3.8) is 0 Å². The lowest BCUT2D eigenvalue weighted by atomic mass is 10.3. The van der Waals surface area contributed by atoms with E-state index >= 15 is 0 Å². The molecule has 32 heavy (non-hydrogen) atoms. The van der Waals surface area contributed by atoms with Gasteiger partial charge in [-0.2, -0.15) is 4.98 Å². The van der Waals surface area contributed by atoms with Crippen LogP contribution in [0.4, 0.5) is 25.0 Å². The number of hydrogen-bond donors (Lipinski definition) is 2. The van der Waals surface area contributed by atoms with Gasteiger partial charge in [-0.15, -0.1) is 0 Å². The standard InChI is InChI=1S/C22H18F2N6O2/c1-13-26-20(30-10-9-25-14(30)2)12-21(27-13)32-17-6-4-16(5-7-17)28-22(31)29-19-11-15(23)3-8-18(19)24/h3-12H,1-2H3,(H2,28,29,31). The second kappa shape index (κ2) is 8.80. The number of ether oxygens (including phenoxy) is 1. The molecule has 10 heteroatoms. The number of carbonyl (C=O) groups excluding carboxylic acids is 1. The fourth-order valence-corrected chi connectivity index (χ4v) is 2.93. The summed E-state index contributed by atoms with van der Waals surface area (Å²) < 4.78 is 34.5. The number of imidazole rings is 1. The molecule has 0 radical (unpaired) electrons. The van der Waals surface area contributed by atoms with Gasteiger partial charge < -0.3 is 15.4 Å². The van der Waals surface area contributed by atoms with Gasteiger partial charge in [0.2, 0.25) is 5.88 Å². The molecule has 0 unspecified atom stereocenters. The number of amides is 2. The number of carbonyl (C=O) groups is 1. The topological polar surface area (TPSA) is 94.0 Å². The van der Waals surface area contributed by atoms with Gasteiger partial charge in [0.05, 0.1) is 5.69 Å². The summed E-state index contributed by atoms with van der Waals surface area (Å²) in [4.78, 5) is 24.9. The lowest BCUT2D eigenvalue weighted by Crippen LogP contribution is -2.20.